The van der Waals surface area contributed by atoms with Crippen LogP contribution < -0.4 is 19.2 Å². The third kappa shape index (κ3) is 7.83. The second kappa shape index (κ2) is 13.8. The van der Waals surface area contributed by atoms with Crippen LogP contribution in [0.15, 0.2) is 82.8 Å². The highest BCUT2D eigenvalue weighted by Gasteiger charge is 2.29. The molecule has 41 heavy (non-hydrogen) atoms. The molecule has 0 unspecified atom stereocenters. The molecule has 2 amide bonds. The SMILES string of the molecule is COc1ccc(C)cc1N(CC(=O)N/N=C/c1ccc(OCC(=O)N2CCOCC2)cc1)S(=O)(=O)c1ccccc1. The lowest BCUT2D eigenvalue weighted by atomic mass is 10.2. The number of methoxy groups -OCH3 is 1. The molecule has 11 nitrogen and oxygen atoms in total. The number of carbonyl (C=O) groups excluding carboxylic acids is 2. The van der Waals surface area contributed by atoms with Gasteiger partial charge < -0.3 is 19.1 Å². The second-order valence-electron chi connectivity index (χ2n) is 9.14. The van der Waals surface area contributed by atoms with Crippen molar-refractivity contribution in [1.82, 2.24) is 10.3 Å². The van der Waals surface area contributed by atoms with Crippen molar-refractivity contribution < 1.29 is 32.2 Å². The van der Waals surface area contributed by atoms with Gasteiger partial charge in [-0.05, 0) is 66.6 Å². The summed E-state index contributed by atoms with van der Waals surface area (Å²) in [7, 11) is -2.67. The lowest BCUT2D eigenvalue weighted by molar-refractivity contribution is -0.137. The van der Waals surface area contributed by atoms with Gasteiger partial charge in [-0.15, -0.1) is 0 Å². The van der Waals surface area contributed by atoms with E-state index in [1.165, 1.54) is 25.5 Å². The first kappa shape index (κ1) is 29.6. The van der Waals surface area contributed by atoms with Crippen molar-refractivity contribution in [3.05, 3.63) is 83.9 Å². The van der Waals surface area contributed by atoms with Gasteiger partial charge in [0.1, 0.15) is 18.0 Å². The quantitative estimate of drug-likeness (QED) is 0.273. The number of hydrogen-bond acceptors (Lipinski definition) is 8. The number of morpholine rings is 1. The molecule has 0 aromatic heterocycles. The van der Waals surface area contributed by atoms with Gasteiger partial charge in [-0.2, -0.15) is 5.10 Å². The topological polar surface area (TPSA) is 127 Å². The highest BCUT2D eigenvalue weighted by atomic mass is 32.2. The molecule has 1 saturated heterocycles. The van der Waals surface area contributed by atoms with E-state index in [4.69, 9.17) is 14.2 Å². The Labute approximate surface area is 239 Å². The van der Waals surface area contributed by atoms with Crippen molar-refractivity contribution in [3.8, 4) is 11.5 Å². The number of amides is 2. The highest BCUT2D eigenvalue weighted by Crippen LogP contribution is 2.33. The Morgan fingerprint density at radius 3 is 2.44 bits per heavy atom. The monoisotopic (exact) mass is 580 g/mol. The Hall–Kier alpha value is -4.42. The van der Waals surface area contributed by atoms with E-state index in [0.29, 0.717) is 43.4 Å². The Kier molecular flexibility index (Phi) is 9.93. The van der Waals surface area contributed by atoms with E-state index in [9.17, 15) is 18.0 Å². The Morgan fingerprint density at radius 2 is 1.76 bits per heavy atom. The molecule has 12 heteroatoms. The molecule has 1 N–H and O–H groups in total. The van der Waals surface area contributed by atoms with E-state index in [1.54, 1.807) is 65.6 Å². The molecule has 0 atom stereocenters. The van der Waals surface area contributed by atoms with Crippen molar-refractivity contribution in [3.63, 3.8) is 0 Å². The molecule has 0 spiro atoms. The van der Waals surface area contributed by atoms with Crippen LogP contribution in [0.25, 0.3) is 0 Å². The molecule has 3 aromatic rings. The van der Waals surface area contributed by atoms with Crippen LogP contribution in [0, 0.1) is 6.92 Å². The third-order valence-corrected chi connectivity index (χ3v) is 8.00. The molecule has 216 valence electrons. The molecule has 1 fully saturated rings. The van der Waals surface area contributed by atoms with Crippen LogP contribution in [-0.4, -0.2) is 77.9 Å². The lowest BCUT2D eigenvalue weighted by Crippen LogP contribution is -2.42. The summed E-state index contributed by atoms with van der Waals surface area (Å²) in [5.41, 5.74) is 4.08. The summed E-state index contributed by atoms with van der Waals surface area (Å²) in [6.07, 6.45) is 1.42. The fourth-order valence-electron chi connectivity index (χ4n) is 4.06. The molecule has 0 aliphatic carbocycles. The fraction of sp³-hybridized carbons (Fsp3) is 0.276. The van der Waals surface area contributed by atoms with E-state index in [0.717, 1.165) is 9.87 Å². The lowest BCUT2D eigenvalue weighted by Gasteiger charge is -2.26. The van der Waals surface area contributed by atoms with Crippen molar-refractivity contribution in [1.29, 1.82) is 0 Å². The van der Waals surface area contributed by atoms with Gasteiger partial charge in [-0.1, -0.05) is 24.3 Å². The second-order valence-corrected chi connectivity index (χ2v) is 11.0. The summed E-state index contributed by atoms with van der Waals surface area (Å²) >= 11 is 0. The molecule has 0 bridgehead atoms. The van der Waals surface area contributed by atoms with E-state index >= 15 is 0 Å². The Balaban J connectivity index is 1.40. The van der Waals surface area contributed by atoms with Crippen molar-refractivity contribution in [2.24, 2.45) is 5.10 Å². The minimum Gasteiger partial charge on any atom is -0.495 e. The van der Waals surface area contributed by atoms with Crippen LogP contribution in [-0.2, 0) is 24.3 Å². The number of anilines is 1. The summed E-state index contributed by atoms with van der Waals surface area (Å²) in [6.45, 7) is 3.37. The number of sulfonamides is 1. The van der Waals surface area contributed by atoms with Crippen LogP contribution in [0.5, 0.6) is 11.5 Å². The summed E-state index contributed by atoms with van der Waals surface area (Å²) in [4.78, 5) is 26.9. The van der Waals surface area contributed by atoms with Gasteiger partial charge in [0.15, 0.2) is 6.61 Å². The Bertz CT molecular complexity index is 1470. The summed E-state index contributed by atoms with van der Waals surface area (Å²) in [6, 6.07) is 19.8. The van der Waals surface area contributed by atoms with Gasteiger partial charge >= 0.3 is 0 Å². The third-order valence-electron chi connectivity index (χ3n) is 6.23. The van der Waals surface area contributed by atoms with Crippen LogP contribution >= 0.6 is 0 Å². The number of benzene rings is 3. The molecule has 1 heterocycles. The zero-order valence-corrected chi connectivity index (χ0v) is 23.7. The van der Waals surface area contributed by atoms with E-state index in [2.05, 4.69) is 10.5 Å². The number of carbonyl (C=O) groups is 2. The average molecular weight is 581 g/mol. The average Bonchev–Trinajstić information content (AvgIpc) is 3.00. The molecular formula is C29H32N4O7S. The number of hydrogen-bond donors (Lipinski definition) is 1. The van der Waals surface area contributed by atoms with Gasteiger partial charge in [0.25, 0.3) is 21.8 Å². The zero-order valence-electron chi connectivity index (χ0n) is 22.9. The van der Waals surface area contributed by atoms with Crippen molar-refractivity contribution in [2.45, 2.75) is 11.8 Å². The number of nitrogens with one attached hydrogen (secondary N) is 1. The number of hydrazone groups is 1. The van der Waals surface area contributed by atoms with E-state index < -0.39 is 22.5 Å². The van der Waals surface area contributed by atoms with Gasteiger partial charge in [-0.3, -0.25) is 13.9 Å². The number of ether oxygens (including phenoxy) is 3. The van der Waals surface area contributed by atoms with Crippen LogP contribution in [0.3, 0.4) is 0 Å². The van der Waals surface area contributed by atoms with Gasteiger partial charge in [0, 0.05) is 13.1 Å². The maximum Gasteiger partial charge on any atom is 0.264 e. The predicted octanol–water partition coefficient (Wildman–Crippen LogP) is 2.59. The molecule has 3 aromatic carbocycles. The Morgan fingerprint density at radius 1 is 1.05 bits per heavy atom. The zero-order chi connectivity index (χ0) is 29.2. The molecule has 1 aliphatic heterocycles. The predicted molar refractivity (Wildman–Crippen MR) is 154 cm³/mol. The number of nitrogens with zero attached hydrogens (tertiary/aromatic N) is 3. The van der Waals surface area contributed by atoms with Crippen LogP contribution in [0.2, 0.25) is 0 Å². The normalized spacial score (nSPS) is 13.6. The van der Waals surface area contributed by atoms with Gasteiger partial charge in [0.05, 0.1) is 37.1 Å². The highest BCUT2D eigenvalue weighted by molar-refractivity contribution is 7.92. The number of aryl methyl sites for hydroxylation is 1. The fourth-order valence-corrected chi connectivity index (χ4v) is 5.50. The smallest absolute Gasteiger partial charge is 0.264 e. The molecule has 1 aliphatic rings. The first-order valence-electron chi connectivity index (χ1n) is 12.9. The van der Waals surface area contributed by atoms with Gasteiger partial charge in [-0.25, -0.2) is 13.8 Å². The van der Waals surface area contributed by atoms with Crippen molar-refractivity contribution in [2.75, 3.05) is 50.9 Å². The summed E-state index contributed by atoms with van der Waals surface area (Å²) in [5.74, 6) is 0.0705. The first-order chi connectivity index (χ1) is 19.8. The maximum absolute atomic E-state index is 13.6. The minimum absolute atomic E-state index is 0.0359. The van der Waals surface area contributed by atoms with E-state index in [1.807, 2.05) is 6.92 Å². The van der Waals surface area contributed by atoms with Crippen LogP contribution in [0.1, 0.15) is 11.1 Å². The molecule has 4 rings (SSSR count). The standard InChI is InChI=1S/C29H32N4O7S/c1-22-8-13-27(38-2)26(18-22)33(41(36,37)25-6-4-3-5-7-25)20-28(34)31-30-19-23-9-11-24(12-10-23)40-21-29(35)32-14-16-39-17-15-32/h3-13,18-19H,14-17,20-21H2,1-2H3,(H,31,34)/b30-19+. The summed E-state index contributed by atoms with van der Waals surface area (Å²) in [5, 5.41) is 3.98. The van der Waals surface area contributed by atoms with Crippen molar-refractivity contribution >= 4 is 33.7 Å². The van der Waals surface area contributed by atoms with Gasteiger partial charge in [0.2, 0.25) is 0 Å². The van der Waals surface area contributed by atoms with Crippen LogP contribution in [0.4, 0.5) is 5.69 Å². The molecule has 0 radical (unpaired) electrons. The largest absolute Gasteiger partial charge is 0.495 e. The molecule has 0 saturated carbocycles. The summed E-state index contributed by atoms with van der Waals surface area (Å²) < 4.78 is 44.4. The maximum atomic E-state index is 13.6. The van der Waals surface area contributed by atoms with E-state index in [-0.39, 0.29) is 23.1 Å². The molecular weight excluding hydrogens is 548 g/mol. The number of rotatable bonds is 11. The minimum atomic E-state index is -4.11. The first-order valence-corrected chi connectivity index (χ1v) is 14.3.